The molecule has 1 aliphatic heterocycles. The number of aliphatic imine (C=N–C) groups is 1. The fourth-order valence-corrected chi connectivity index (χ4v) is 7.86. The lowest BCUT2D eigenvalue weighted by atomic mass is 9.42. The summed E-state index contributed by atoms with van der Waals surface area (Å²) in [5, 5.41) is 0. The number of hydrogen-bond donors (Lipinski definition) is 1. The van der Waals surface area contributed by atoms with Gasteiger partial charge in [0.15, 0.2) is 11.5 Å². The van der Waals surface area contributed by atoms with E-state index in [0.29, 0.717) is 35.6 Å². The third-order valence-corrected chi connectivity index (χ3v) is 8.66. The molecule has 0 amide bonds. The van der Waals surface area contributed by atoms with Crippen LogP contribution in [0.3, 0.4) is 0 Å². The molecule has 0 saturated heterocycles. The van der Waals surface area contributed by atoms with Gasteiger partial charge in [-0.3, -0.25) is 4.79 Å². The number of esters is 1. The number of fused-ring (bicyclic) bond motifs is 1. The van der Waals surface area contributed by atoms with Gasteiger partial charge in [-0.25, -0.2) is 9.98 Å². The molecule has 34 heavy (non-hydrogen) atoms. The van der Waals surface area contributed by atoms with Crippen LogP contribution in [0.15, 0.2) is 35.6 Å². The maximum absolute atomic E-state index is 12.3. The Labute approximate surface area is 200 Å². The molecule has 2 heterocycles. The van der Waals surface area contributed by atoms with Gasteiger partial charge in [0.2, 0.25) is 5.88 Å². The third-order valence-electron chi connectivity index (χ3n) is 8.66. The topological polar surface area (TPSA) is 99.7 Å². The Bertz CT molecular complexity index is 1170. The van der Waals surface area contributed by atoms with Gasteiger partial charge in [-0.15, -0.1) is 0 Å². The molecule has 4 aliphatic carbocycles. The first kappa shape index (κ1) is 21.6. The van der Waals surface area contributed by atoms with E-state index in [2.05, 4.69) is 34.2 Å². The summed E-state index contributed by atoms with van der Waals surface area (Å²) in [5.74, 6) is 2.09. The lowest BCUT2D eigenvalue weighted by Gasteiger charge is -2.62. The second-order valence-electron chi connectivity index (χ2n) is 11.6. The highest BCUT2D eigenvalue weighted by Crippen LogP contribution is 2.66. The number of aromatic nitrogens is 2. The molecular weight excluding hydrogens is 428 g/mol. The molecule has 2 aromatic rings. The highest BCUT2D eigenvalue weighted by Gasteiger charge is 2.58. The van der Waals surface area contributed by atoms with Gasteiger partial charge in [0, 0.05) is 5.56 Å². The number of nitrogens with two attached hydrogens (primary N) is 1. The van der Waals surface area contributed by atoms with E-state index in [4.69, 9.17) is 20.2 Å². The van der Waals surface area contributed by atoms with Crippen LogP contribution in [0.4, 0.5) is 11.5 Å². The predicted octanol–water partition coefficient (Wildman–Crippen LogP) is 4.75. The molecule has 2 atom stereocenters. The summed E-state index contributed by atoms with van der Waals surface area (Å²) >= 11 is 0. The average Bonchev–Trinajstić information content (AvgIpc) is 2.77. The fraction of sp³-hybridized carbons (Fsp3) is 0.556. The SMILES string of the molecule is COC(=O)CC12CC3CC(C1)CC(c1ccc(C4=Nc5c(N)ncnc5OC4(C)C)cc1)(C3)C2. The van der Waals surface area contributed by atoms with Crippen molar-refractivity contribution in [2.45, 2.75) is 69.8 Å². The molecule has 7 rings (SSSR count). The molecule has 1 aromatic carbocycles. The number of methoxy groups -OCH3 is 1. The second-order valence-corrected chi connectivity index (χ2v) is 11.6. The zero-order valence-corrected chi connectivity index (χ0v) is 20.1. The Morgan fingerprint density at radius 1 is 1.12 bits per heavy atom. The van der Waals surface area contributed by atoms with E-state index in [-0.39, 0.29) is 16.8 Å². The summed E-state index contributed by atoms with van der Waals surface area (Å²) in [4.78, 5) is 25.4. The first-order chi connectivity index (χ1) is 16.2. The smallest absolute Gasteiger partial charge is 0.306 e. The number of anilines is 1. The maximum Gasteiger partial charge on any atom is 0.306 e. The molecule has 1 aromatic heterocycles. The van der Waals surface area contributed by atoms with Crippen LogP contribution in [0, 0.1) is 17.3 Å². The third kappa shape index (κ3) is 3.31. The van der Waals surface area contributed by atoms with Crippen molar-refractivity contribution in [1.29, 1.82) is 0 Å². The minimum absolute atomic E-state index is 0.0616. The maximum atomic E-state index is 12.3. The highest BCUT2D eigenvalue weighted by molar-refractivity contribution is 6.09. The van der Waals surface area contributed by atoms with Crippen LogP contribution in [0.1, 0.15) is 69.9 Å². The van der Waals surface area contributed by atoms with Crippen molar-refractivity contribution in [3.8, 4) is 5.88 Å². The van der Waals surface area contributed by atoms with Crippen molar-refractivity contribution < 1.29 is 14.3 Å². The predicted molar refractivity (Wildman–Crippen MR) is 129 cm³/mol. The molecule has 4 fully saturated rings. The second kappa shape index (κ2) is 7.27. The molecule has 4 saturated carbocycles. The van der Waals surface area contributed by atoms with Gasteiger partial charge in [0.25, 0.3) is 0 Å². The molecule has 2 unspecified atom stereocenters. The molecule has 0 spiro atoms. The summed E-state index contributed by atoms with van der Waals surface area (Å²) in [6.45, 7) is 3.99. The summed E-state index contributed by atoms with van der Waals surface area (Å²) in [7, 11) is 1.51. The Hall–Kier alpha value is -2.96. The summed E-state index contributed by atoms with van der Waals surface area (Å²) in [6, 6.07) is 8.87. The van der Waals surface area contributed by atoms with Crippen molar-refractivity contribution in [1.82, 2.24) is 9.97 Å². The van der Waals surface area contributed by atoms with Gasteiger partial charge in [-0.05, 0) is 80.6 Å². The Balaban J connectivity index is 1.34. The van der Waals surface area contributed by atoms with Crippen molar-refractivity contribution in [3.63, 3.8) is 0 Å². The average molecular weight is 461 g/mol. The molecule has 4 bridgehead atoms. The summed E-state index contributed by atoms with van der Waals surface area (Å²) in [5.41, 5.74) is 9.37. The molecule has 178 valence electrons. The molecule has 0 radical (unpaired) electrons. The molecular formula is C27H32N4O3. The van der Waals surface area contributed by atoms with Crippen molar-refractivity contribution >= 4 is 23.2 Å². The number of nitrogens with zero attached hydrogens (tertiary/aromatic N) is 3. The minimum atomic E-state index is -0.638. The number of rotatable bonds is 4. The summed E-state index contributed by atoms with van der Waals surface area (Å²) in [6.07, 6.45) is 9.14. The van der Waals surface area contributed by atoms with Gasteiger partial charge >= 0.3 is 5.97 Å². The number of nitrogen functional groups attached to an aromatic ring is 1. The van der Waals surface area contributed by atoms with Crippen LogP contribution in [0.2, 0.25) is 0 Å². The zero-order chi connectivity index (χ0) is 23.7. The zero-order valence-electron chi connectivity index (χ0n) is 20.1. The number of benzene rings is 1. The lowest BCUT2D eigenvalue weighted by Crippen LogP contribution is -2.54. The standard InChI is InChI=1S/C27H32N4O3/c1-25(2)22(31-21-23(28)29-15-30-24(21)34-25)18-4-6-19(7-5-18)27-11-16-8-17(12-27)10-26(9-16,14-27)13-20(32)33-3/h4-7,15-17H,8-14H2,1-3H3,(H2,28,29,30). The van der Waals surface area contributed by atoms with Gasteiger partial charge in [-0.1, -0.05) is 24.3 Å². The Morgan fingerprint density at radius 2 is 1.82 bits per heavy atom. The van der Waals surface area contributed by atoms with Crippen LogP contribution >= 0.6 is 0 Å². The molecule has 7 heteroatoms. The Kier molecular flexibility index (Phi) is 4.61. The van der Waals surface area contributed by atoms with Gasteiger partial charge in [-0.2, -0.15) is 4.98 Å². The van der Waals surface area contributed by atoms with Crippen LogP contribution in [0.5, 0.6) is 5.88 Å². The molecule has 2 N–H and O–H groups in total. The van der Waals surface area contributed by atoms with Gasteiger partial charge in [0.05, 0.1) is 19.2 Å². The Morgan fingerprint density at radius 3 is 2.50 bits per heavy atom. The van der Waals surface area contributed by atoms with Crippen molar-refractivity contribution in [2.24, 2.45) is 22.2 Å². The minimum Gasteiger partial charge on any atom is -0.469 e. The molecule has 5 aliphatic rings. The number of hydrogen-bond acceptors (Lipinski definition) is 7. The largest absolute Gasteiger partial charge is 0.469 e. The van der Waals surface area contributed by atoms with Crippen LogP contribution in [-0.2, 0) is 14.9 Å². The number of ether oxygens (including phenoxy) is 2. The quantitative estimate of drug-likeness (QED) is 0.661. The van der Waals surface area contributed by atoms with E-state index in [1.807, 2.05) is 13.8 Å². The van der Waals surface area contributed by atoms with E-state index in [0.717, 1.165) is 17.7 Å². The van der Waals surface area contributed by atoms with E-state index < -0.39 is 5.60 Å². The van der Waals surface area contributed by atoms with Crippen LogP contribution in [0.25, 0.3) is 0 Å². The molecule has 7 nitrogen and oxygen atoms in total. The monoisotopic (exact) mass is 460 g/mol. The van der Waals surface area contributed by atoms with Crippen molar-refractivity contribution in [3.05, 3.63) is 41.7 Å². The van der Waals surface area contributed by atoms with Gasteiger partial charge < -0.3 is 15.2 Å². The highest BCUT2D eigenvalue weighted by atomic mass is 16.5. The van der Waals surface area contributed by atoms with Gasteiger partial charge in [0.1, 0.15) is 11.9 Å². The van der Waals surface area contributed by atoms with E-state index in [1.165, 1.54) is 51.1 Å². The lowest BCUT2D eigenvalue weighted by molar-refractivity contribution is -0.150. The first-order valence-electron chi connectivity index (χ1n) is 12.3. The van der Waals surface area contributed by atoms with E-state index in [9.17, 15) is 4.79 Å². The summed E-state index contributed by atoms with van der Waals surface area (Å²) < 4.78 is 11.2. The normalized spacial score (nSPS) is 32.5. The van der Waals surface area contributed by atoms with Crippen molar-refractivity contribution in [2.75, 3.05) is 12.8 Å². The van der Waals surface area contributed by atoms with Crippen LogP contribution in [-0.4, -0.2) is 34.4 Å². The van der Waals surface area contributed by atoms with E-state index >= 15 is 0 Å². The number of carbonyl (C=O) groups is 1. The fourth-order valence-electron chi connectivity index (χ4n) is 7.86. The number of carbonyl (C=O) groups excluding carboxylic acids is 1. The first-order valence-corrected chi connectivity index (χ1v) is 12.3. The van der Waals surface area contributed by atoms with E-state index in [1.54, 1.807) is 0 Å². The van der Waals surface area contributed by atoms with Crippen LogP contribution < -0.4 is 10.5 Å².